The second-order valence-corrected chi connectivity index (χ2v) is 16.3. The maximum atomic E-state index is 13.7. The summed E-state index contributed by atoms with van der Waals surface area (Å²) < 4.78 is 17.7. The number of nitrogens with one attached hydrogen (secondary N) is 1. The first-order chi connectivity index (χ1) is 19.2. The minimum Gasteiger partial charge on any atom is -0.497 e. The van der Waals surface area contributed by atoms with Gasteiger partial charge in [-0.2, -0.15) is 0 Å². The standard InChI is InChI=1S/C35H57NO4Si/c1-12-13-14-15-25(28-18-17-27(38-8)24-32(28)39-9)23-33(37)36-30-22-26(16-19-29(30)35(5,6)7)31(40-41(10)11)20-21-34(2,3)4/h16-19,22,24-25,31,41H,12-15,20-21,23H2,1-11H3,(H,36,37). The number of carbonyl (C=O) groups excluding carboxylic acids is 1. The van der Waals surface area contributed by atoms with Crippen LogP contribution >= 0.6 is 0 Å². The second kappa shape index (κ2) is 15.8. The summed E-state index contributed by atoms with van der Waals surface area (Å²) in [6.45, 7) is 20.1. The van der Waals surface area contributed by atoms with Crippen molar-refractivity contribution in [3.05, 3.63) is 53.1 Å². The van der Waals surface area contributed by atoms with Gasteiger partial charge in [0.2, 0.25) is 5.91 Å². The summed E-state index contributed by atoms with van der Waals surface area (Å²) >= 11 is 0. The van der Waals surface area contributed by atoms with Crippen LogP contribution in [0.25, 0.3) is 0 Å². The maximum Gasteiger partial charge on any atom is 0.224 e. The van der Waals surface area contributed by atoms with Crippen molar-refractivity contribution in [3.63, 3.8) is 0 Å². The smallest absolute Gasteiger partial charge is 0.224 e. The van der Waals surface area contributed by atoms with E-state index >= 15 is 0 Å². The number of anilines is 1. The van der Waals surface area contributed by atoms with Crippen LogP contribution < -0.4 is 14.8 Å². The highest BCUT2D eigenvalue weighted by atomic mass is 28.3. The van der Waals surface area contributed by atoms with Crippen molar-refractivity contribution >= 4 is 20.6 Å². The van der Waals surface area contributed by atoms with Gasteiger partial charge >= 0.3 is 0 Å². The van der Waals surface area contributed by atoms with Crippen molar-refractivity contribution in [1.29, 1.82) is 0 Å². The normalized spacial score (nSPS) is 13.7. The molecule has 0 aliphatic rings. The van der Waals surface area contributed by atoms with E-state index < -0.39 is 9.04 Å². The van der Waals surface area contributed by atoms with Crippen molar-refractivity contribution in [3.8, 4) is 11.5 Å². The Hall–Kier alpha value is -2.31. The Morgan fingerprint density at radius 2 is 1.63 bits per heavy atom. The Labute approximate surface area is 252 Å². The highest BCUT2D eigenvalue weighted by molar-refractivity contribution is 6.48. The molecule has 0 saturated heterocycles. The SMILES string of the molecule is CCCCCC(CC(=O)Nc1cc(C(CCC(C)(C)C)O[SiH](C)C)ccc1C(C)(C)C)c1ccc(OC)cc1OC. The van der Waals surface area contributed by atoms with E-state index in [9.17, 15) is 4.79 Å². The molecule has 0 fully saturated rings. The van der Waals surface area contributed by atoms with Crippen molar-refractivity contribution in [2.45, 2.75) is 124 Å². The lowest BCUT2D eigenvalue weighted by molar-refractivity contribution is -0.116. The van der Waals surface area contributed by atoms with Gasteiger partial charge in [0.05, 0.1) is 20.3 Å². The maximum absolute atomic E-state index is 13.7. The van der Waals surface area contributed by atoms with Crippen LogP contribution in [0, 0.1) is 5.41 Å². The summed E-state index contributed by atoms with van der Waals surface area (Å²) in [5, 5.41) is 3.34. The van der Waals surface area contributed by atoms with Gasteiger partial charge in [-0.1, -0.05) is 85.9 Å². The third kappa shape index (κ3) is 11.5. The molecule has 41 heavy (non-hydrogen) atoms. The molecule has 2 rings (SSSR count). The number of hydrogen-bond acceptors (Lipinski definition) is 4. The summed E-state index contributed by atoms with van der Waals surface area (Å²) in [5.74, 6) is 1.60. The lowest BCUT2D eigenvalue weighted by Gasteiger charge is -2.28. The van der Waals surface area contributed by atoms with Crippen LogP contribution in [0.5, 0.6) is 11.5 Å². The fraction of sp³-hybridized carbons (Fsp3) is 0.629. The average molecular weight is 584 g/mol. The van der Waals surface area contributed by atoms with E-state index in [2.05, 4.69) is 91.1 Å². The highest BCUT2D eigenvalue weighted by Crippen LogP contribution is 2.38. The summed E-state index contributed by atoms with van der Waals surface area (Å²) in [6.07, 6.45) is 6.74. The van der Waals surface area contributed by atoms with Gasteiger partial charge in [0.25, 0.3) is 0 Å². The molecule has 0 aliphatic carbocycles. The Bertz CT molecular complexity index is 1100. The molecule has 0 spiro atoms. The van der Waals surface area contributed by atoms with Crippen LogP contribution in [0.3, 0.4) is 0 Å². The van der Waals surface area contributed by atoms with E-state index in [0.717, 1.165) is 72.4 Å². The predicted molar refractivity (Wildman–Crippen MR) is 176 cm³/mol. The topological polar surface area (TPSA) is 56.8 Å². The number of ether oxygens (including phenoxy) is 2. The third-order valence-corrected chi connectivity index (χ3v) is 8.43. The lowest BCUT2D eigenvalue weighted by atomic mass is 9.83. The number of hydrogen-bond donors (Lipinski definition) is 1. The monoisotopic (exact) mass is 583 g/mol. The van der Waals surface area contributed by atoms with E-state index in [0.29, 0.717) is 6.42 Å². The first-order valence-electron chi connectivity index (χ1n) is 15.5. The number of unbranched alkanes of at least 4 members (excludes halogenated alkanes) is 2. The van der Waals surface area contributed by atoms with Gasteiger partial charge in [0, 0.05) is 18.2 Å². The molecule has 2 aromatic rings. The van der Waals surface area contributed by atoms with Gasteiger partial charge in [-0.05, 0) is 77.9 Å². The van der Waals surface area contributed by atoms with Crippen LogP contribution in [0.15, 0.2) is 36.4 Å². The van der Waals surface area contributed by atoms with E-state index in [1.165, 1.54) is 0 Å². The van der Waals surface area contributed by atoms with Crippen LogP contribution in [0.2, 0.25) is 13.1 Å². The summed E-state index contributed by atoms with van der Waals surface area (Å²) in [4.78, 5) is 13.7. The van der Waals surface area contributed by atoms with Crippen molar-refractivity contribution < 1.29 is 18.7 Å². The molecule has 230 valence electrons. The number of rotatable bonds is 15. The predicted octanol–water partition coefficient (Wildman–Crippen LogP) is 9.56. The molecule has 1 N–H and O–H groups in total. The minimum absolute atomic E-state index is 0.0254. The molecule has 2 unspecified atom stereocenters. The molecular weight excluding hydrogens is 526 g/mol. The Balaban J connectivity index is 2.41. The first-order valence-corrected chi connectivity index (χ1v) is 18.3. The van der Waals surface area contributed by atoms with Gasteiger partial charge < -0.3 is 19.2 Å². The first kappa shape index (κ1) is 34.9. The molecule has 0 radical (unpaired) electrons. The number of benzene rings is 2. The van der Waals surface area contributed by atoms with E-state index in [-0.39, 0.29) is 28.8 Å². The van der Waals surface area contributed by atoms with Gasteiger partial charge in [-0.3, -0.25) is 4.79 Å². The lowest BCUT2D eigenvalue weighted by Crippen LogP contribution is -2.22. The largest absolute Gasteiger partial charge is 0.497 e. The number of methoxy groups -OCH3 is 2. The third-order valence-electron chi connectivity index (χ3n) is 7.56. The Kier molecular flexibility index (Phi) is 13.4. The highest BCUT2D eigenvalue weighted by Gasteiger charge is 2.25. The molecule has 0 saturated carbocycles. The van der Waals surface area contributed by atoms with Crippen LogP contribution in [-0.4, -0.2) is 29.2 Å². The minimum atomic E-state index is -1.27. The summed E-state index contributed by atoms with van der Waals surface area (Å²) in [5.41, 5.74) is 4.35. The van der Waals surface area contributed by atoms with Gasteiger partial charge in [-0.25, -0.2) is 0 Å². The molecule has 5 nitrogen and oxygen atoms in total. The molecular formula is C35H57NO4Si. The van der Waals surface area contributed by atoms with Gasteiger partial charge in [0.15, 0.2) is 9.04 Å². The number of amides is 1. The molecule has 2 atom stereocenters. The summed E-state index contributed by atoms with van der Waals surface area (Å²) in [6, 6.07) is 12.5. The quantitative estimate of drug-likeness (QED) is 0.168. The van der Waals surface area contributed by atoms with Gasteiger partial charge in [-0.15, -0.1) is 0 Å². The molecule has 0 aromatic heterocycles. The average Bonchev–Trinajstić information content (AvgIpc) is 2.88. The van der Waals surface area contributed by atoms with E-state index in [1.54, 1.807) is 14.2 Å². The Morgan fingerprint density at radius 3 is 2.20 bits per heavy atom. The summed E-state index contributed by atoms with van der Waals surface area (Å²) in [7, 11) is 2.07. The zero-order valence-corrected chi connectivity index (χ0v) is 28.9. The fourth-order valence-electron chi connectivity index (χ4n) is 5.31. The van der Waals surface area contributed by atoms with E-state index in [1.807, 2.05) is 12.1 Å². The molecule has 0 heterocycles. The fourth-order valence-corrected chi connectivity index (χ4v) is 6.26. The number of carbonyl (C=O) groups is 1. The second-order valence-electron chi connectivity index (χ2n) is 13.9. The molecule has 1 amide bonds. The van der Waals surface area contributed by atoms with Crippen LogP contribution in [0.1, 0.15) is 122 Å². The van der Waals surface area contributed by atoms with Crippen LogP contribution in [0.4, 0.5) is 5.69 Å². The van der Waals surface area contributed by atoms with E-state index in [4.69, 9.17) is 13.9 Å². The van der Waals surface area contributed by atoms with Crippen LogP contribution in [-0.2, 0) is 14.6 Å². The van der Waals surface area contributed by atoms with Crippen molar-refractivity contribution in [1.82, 2.24) is 0 Å². The van der Waals surface area contributed by atoms with Crippen molar-refractivity contribution in [2.75, 3.05) is 19.5 Å². The Morgan fingerprint density at radius 1 is 0.927 bits per heavy atom. The van der Waals surface area contributed by atoms with Crippen molar-refractivity contribution in [2.24, 2.45) is 5.41 Å². The molecule has 0 aliphatic heterocycles. The zero-order chi connectivity index (χ0) is 30.8. The molecule has 0 bridgehead atoms. The van der Waals surface area contributed by atoms with Gasteiger partial charge in [0.1, 0.15) is 11.5 Å². The zero-order valence-electron chi connectivity index (χ0n) is 27.8. The molecule has 6 heteroatoms. The molecule has 2 aromatic carbocycles.